The standard InChI is InChI=1S/C18H19F2N5O2/c19-12-5-13(25-8-10(6-21)27-18(25)26)15(20)11-4-2-1-3-9-7-23-17(22)24-16(9)14(11)12/h5,7,10H,1-4,6,8,21H2,(H2,22,23,24). The molecule has 4 N–H and O–H groups in total. The normalized spacial score (nSPS) is 19.1. The zero-order valence-corrected chi connectivity index (χ0v) is 14.5. The molecule has 0 spiro atoms. The Morgan fingerprint density at radius 1 is 1.30 bits per heavy atom. The van der Waals surface area contributed by atoms with Gasteiger partial charge in [0.05, 0.1) is 17.9 Å². The molecule has 1 aliphatic carbocycles. The van der Waals surface area contributed by atoms with Crippen LogP contribution in [0.15, 0.2) is 12.3 Å². The number of hydrogen-bond acceptors (Lipinski definition) is 6. The minimum absolute atomic E-state index is 0.00179. The SMILES string of the molecule is NCC1CN(c2cc(F)c3c(c2F)CCCCc2cnc(N)nc2-3)C(=O)O1. The predicted octanol–water partition coefficient (Wildman–Crippen LogP) is 2.17. The highest BCUT2D eigenvalue weighted by molar-refractivity contribution is 5.91. The quantitative estimate of drug-likeness (QED) is 0.833. The van der Waals surface area contributed by atoms with Gasteiger partial charge in [0, 0.05) is 29.9 Å². The lowest BCUT2D eigenvalue weighted by atomic mass is 9.90. The number of carbonyl (C=O) groups is 1. The van der Waals surface area contributed by atoms with Crippen LogP contribution in [0.3, 0.4) is 0 Å². The van der Waals surface area contributed by atoms with Crippen LogP contribution in [-0.2, 0) is 17.6 Å². The number of hydrogen-bond donors (Lipinski definition) is 2. The van der Waals surface area contributed by atoms with Crippen molar-refractivity contribution >= 4 is 17.7 Å². The van der Waals surface area contributed by atoms with Gasteiger partial charge in [0.25, 0.3) is 0 Å². The number of benzene rings is 1. The van der Waals surface area contributed by atoms with E-state index in [1.165, 1.54) is 0 Å². The molecule has 27 heavy (non-hydrogen) atoms. The first kappa shape index (κ1) is 17.6. The highest BCUT2D eigenvalue weighted by Gasteiger charge is 2.35. The molecule has 0 radical (unpaired) electrons. The van der Waals surface area contributed by atoms with Crippen LogP contribution in [0.4, 0.5) is 25.2 Å². The van der Waals surface area contributed by atoms with Crippen molar-refractivity contribution in [2.24, 2.45) is 5.73 Å². The topological polar surface area (TPSA) is 107 Å². The third-order valence-electron chi connectivity index (χ3n) is 4.96. The van der Waals surface area contributed by atoms with Gasteiger partial charge in [0.2, 0.25) is 5.95 Å². The number of rotatable bonds is 2. The van der Waals surface area contributed by atoms with Crippen molar-refractivity contribution in [1.82, 2.24) is 9.97 Å². The van der Waals surface area contributed by atoms with Crippen molar-refractivity contribution < 1.29 is 18.3 Å². The number of anilines is 2. The average molecular weight is 375 g/mol. The zero-order chi connectivity index (χ0) is 19.1. The Kier molecular flexibility index (Phi) is 4.39. The Bertz CT molecular complexity index is 921. The maximum atomic E-state index is 15.4. The average Bonchev–Trinajstić information content (AvgIpc) is 3.00. The van der Waals surface area contributed by atoms with Crippen LogP contribution < -0.4 is 16.4 Å². The Morgan fingerprint density at radius 2 is 2.07 bits per heavy atom. The smallest absolute Gasteiger partial charge is 0.414 e. The minimum Gasteiger partial charge on any atom is -0.443 e. The summed E-state index contributed by atoms with van der Waals surface area (Å²) in [4.78, 5) is 21.3. The summed E-state index contributed by atoms with van der Waals surface area (Å²) in [5.74, 6) is -1.31. The van der Waals surface area contributed by atoms with E-state index < -0.39 is 23.8 Å². The molecular formula is C18H19F2N5O2. The number of nitrogens with two attached hydrogens (primary N) is 2. The number of carbonyl (C=O) groups excluding carboxylic acids is 1. The molecule has 1 aromatic heterocycles. The Balaban J connectivity index is 1.89. The van der Waals surface area contributed by atoms with E-state index in [1.54, 1.807) is 6.20 Å². The van der Waals surface area contributed by atoms with Crippen molar-refractivity contribution in [1.29, 1.82) is 0 Å². The van der Waals surface area contributed by atoms with Crippen molar-refractivity contribution in [3.8, 4) is 11.3 Å². The molecule has 2 aromatic rings. The number of amides is 1. The molecule has 1 atom stereocenters. The summed E-state index contributed by atoms with van der Waals surface area (Å²) < 4.78 is 35.6. The van der Waals surface area contributed by atoms with Gasteiger partial charge >= 0.3 is 6.09 Å². The number of nitrogen functional groups attached to an aromatic ring is 1. The summed E-state index contributed by atoms with van der Waals surface area (Å²) in [6, 6.07) is 1.01. The van der Waals surface area contributed by atoms with Gasteiger partial charge in [0.1, 0.15) is 11.9 Å². The molecule has 2 heterocycles. The van der Waals surface area contributed by atoms with E-state index in [-0.39, 0.29) is 35.9 Å². The summed E-state index contributed by atoms with van der Waals surface area (Å²) in [5.41, 5.74) is 12.4. The molecule has 1 aromatic carbocycles. The number of aromatic nitrogens is 2. The lowest BCUT2D eigenvalue weighted by molar-refractivity contribution is 0.145. The molecule has 4 rings (SSSR count). The Hall–Kier alpha value is -2.81. The first-order chi connectivity index (χ1) is 13.0. The number of nitrogens with zero attached hydrogens (tertiary/aromatic N) is 3. The summed E-state index contributed by atoms with van der Waals surface area (Å²) in [5, 5.41) is 0. The van der Waals surface area contributed by atoms with Gasteiger partial charge in [-0.2, -0.15) is 0 Å². The van der Waals surface area contributed by atoms with E-state index in [4.69, 9.17) is 16.2 Å². The first-order valence-corrected chi connectivity index (χ1v) is 8.80. The second-order valence-corrected chi connectivity index (χ2v) is 6.71. The second-order valence-electron chi connectivity index (χ2n) is 6.71. The lowest BCUT2D eigenvalue weighted by Crippen LogP contribution is -2.28. The summed E-state index contributed by atoms with van der Waals surface area (Å²) in [6.07, 6.45) is 2.73. The van der Waals surface area contributed by atoms with Crippen LogP contribution in [-0.4, -0.2) is 35.3 Å². The van der Waals surface area contributed by atoms with Crippen LogP contribution >= 0.6 is 0 Å². The van der Waals surface area contributed by atoms with Crippen molar-refractivity contribution in [2.45, 2.75) is 31.8 Å². The first-order valence-electron chi connectivity index (χ1n) is 8.80. The molecule has 0 bridgehead atoms. The molecular weight excluding hydrogens is 356 g/mol. The Morgan fingerprint density at radius 3 is 2.81 bits per heavy atom. The van der Waals surface area contributed by atoms with Crippen LogP contribution in [0.1, 0.15) is 24.0 Å². The van der Waals surface area contributed by atoms with Crippen molar-refractivity contribution in [3.05, 3.63) is 35.0 Å². The van der Waals surface area contributed by atoms with Gasteiger partial charge in [-0.1, -0.05) is 0 Å². The zero-order valence-electron chi connectivity index (χ0n) is 14.5. The van der Waals surface area contributed by atoms with Gasteiger partial charge in [-0.25, -0.2) is 23.5 Å². The maximum absolute atomic E-state index is 15.4. The van der Waals surface area contributed by atoms with Crippen molar-refractivity contribution in [3.63, 3.8) is 0 Å². The molecule has 1 aliphatic heterocycles. The molecule has 7 nitrogen and oxygen atoms in total. The number of aryl methyl sites for hydroxylation is 1. The maximum Gasteiger partial charge on any atom is 0.414 e. The molecule has 0 saturated carbocycles. The van der Waals surface area contributed by atoms with E-state index in [9.17, 15) is 4.79 Å². The van der Waals surface area contributed by atoms with Gasteiger partial charge in [-0.15, -0.1) is 0 Å². The van der Waals surface area contributed by atoms with Crippen LogP contribution in [0.5, 0.6) is 0 Å². The highest BCUT2D eigenvalue weighted by atomic mass is 19.1. The minimum atomic E-state index is -0.735. The Labute approximate surface area is 154 Å². The summed E-state index contributed by atoms with van der Waals surface area (Å²) in [7, 11) is 0. The molecule has 1 amide bonds. The van der Waals surface area contributed by atoms with Gasteiger partial charge in [0.15, 0.2) is 5.82 Å². The third-order valence-corrected chi connectivity index (χ3v) is 4.96. The number of halogens is 2. The van der Waals surface area contributed by atoms with Gasteiger partial charge in [-0.05, 0) is 31.2 Å². The number of ether oxygens (including phenoxy) is 1. The molecule has 1 fully saturated rings. The van der Waals surface area contributed by atoms with Gasteiger partial charge in [-0.3, -0.25) is 4.90 Å². The molecule has 1 saturated heterocycles. The van der Waals surface area contributed by atoms with E-state index in [0.717, 1.165) is 23.0 Å². The van der Waals surface area contributed by atoms with Crippen molar-refractivity contribution in [2.75, 3.05) is 23.7 Å². The fourth-order valence-electron chi connectivity index (χ4n) is 3.63. The van der Waals surface area contributed by atoms with E-state index in [0.29, 0.717) is 25.0 Å². The number of fused-ring (bicyclic) bond motifs is 3. The summed E-state index contributed by atoms with van der Waals surface area (Å²) in [6.45, 7) is 0.192. The monoisotopic (exact) mass is 375 g/mol. The molecule has 2 aliphatic rings. The van der Waals surface area contributed by atoms with Crippen LogP contribution in [0, 0.1) is 11.6 Å². The fourth-order valence-corrected chi connectivity index (χ4v) is 3.63. The van der Waals surface area contributed by atoms with E-state index in [1.807, 2.05) is 0 Å². The highest BCUT2D eigenvalue weighted by Crippen LogP contribution is 2.38. The molecule has 142 valence electrons. The second kappa shape index (κ2) is 6.73. The largest absolute Gasteiger partial charge is 0.443 e. The molecule has 1 unspecified atom stereocenters. The predicted molar refractivity (Wildman–Crippen MR) is 95.1 cm³/mol. The third kappa shape index (κ3) is 2.97. The van der Waals surface area contributed by atoms with Crippen LogP contribution in [0.25, 0.3) is 11.3 Å². The lowest BCUT2D eigenvalue weighted by Gasteiger charge is -2.22. The van der Waals surface area contributed by atoms with Crippen LogP contribution in [0.2, 0.25) is 0 Å². The van der Waals surface area contributed by atoms with E-state index in [2.05, 4.69) is 9.97 Å². The summed E-state index contributed by atoms with van der Waals surface area (Å²) >= 11 is 0. The number of cyclic esters (lactones) is 1. The van der Waals surface area contributed by atoms with Gasteiger partial charge < -0.3 is 16.2 Å². The molecule has 9 heteroatoms. The van der Waals surface area contributed by atoms with E-state index >= 15 is 8.78 Å². The fraction of sp³-hybridized carbons (Fsp3) is 0.389.